The number of aromatic nitrogens is 1. The maximum atomic E-state index is 10.0. The third-order valence-corrected chi connectivity index (χ3v) is 3.58. The molecule has 16 heavy (non-hydrogen) atoms. The van der Waals surface area contributed by atoms with Crippen molar-refractivity contribution < 1.29 is 9.84 Å². The second-order valence-electron chi connectivity index (χ2n) is 3.77. The molecule has 2 aromatic rings. The highest BCUT2D eigenvalue weighted by Gasteiger charge is 2.28. The Bertz CT molecular complexity index is 484. The first kappa shape index (κ1) is 9.81. The van der Waals surface area contributed by atoms with Crippen LogP contribution in [0.3, 0.4) is 0 Å². The highest BCUT2D eigenvalue weighted by molar-refractivity contribution is 7.09. The maximum absolute atomic E-state index is 10.0. The van der Waals surface area contributed by atoms with Gasteiger partial charge in [-0.15, -0.1) is 11.3 Å². The molecule has 0 fully saturated rings. The van der Waals surface area contributed by atoms with Gasteiger partial charge < -0.3 is 9.84 Å². The summed E-state index contributed by atoms with van der Waals surface area (Å²) in [6.45, 7) is 0. The summed E-state index contributed by atoms with van der Waals surface area (Å²) in [6.07, 6.45) is 1.75. The van der Waals surface area contributed by atoms with Gasteiger partial charge in [0.2, 0.25) is 0 Å². The Labute approximate surface area is 97.3 Å². The molecule has 3 nitrogen and oxygen atoms in total. The van der Waals surface area contributed by atoms with Gasteiger partial charge in [-0.3, -0.25) is 0 Å². The quantitative estimate of drug-likeness (QED) is 0.823. The van der Waals surface area contributed by atoms with E-state index in [9.17, 15) is 5.11 Å². The number of ether oxygens (including phenoxy) is 1. The number of aliphatic hydroxyl groups excluding tert-OH is 1. The summed E-state index contributed by atoms with van der Waals surface area (Å²) in [7, 11) is 0. The largest absolute Gasteiger partial charge is 0.483 e. The molecule has 1 N–H and O–H groups in total. The van der Waals surface area contributed by atoms with Crippen LogP contribution in [0.25, 0.3) is 0 Å². The van der Waals surface area contributed by atoms with Crippen molar-refractivity contribution >= 4 is 11.3 Å². The minimum absolute atomic E-state index is 0.120. The summed E-state index contributed by atoms with van der Waals surface area (Å²) in [5, 5.41) is 12.9. The van der Waals surface area contributed by atoms with Gasteiger partial charge in [-0.1, -0.05) is 18.2 Å². The van der Waals surface area contributed by atoms with Gasteiger partial charge in [0.25, 0.3) is 0 Å². The van der Waals surface area contributed by atoms with Gasteiger partial charge in [0.1, 0.15) is 10.8 Å². The van der Waals surface area contributed by atoms with E-state index in [0.29, 0.717) is 6.42 Å². The molecule has 4 heteroatoms. The van der Waals surface area contributed by atoms with Gasteiger partial charge in [0.05, 0.1) is 6.10 Å². The van der Waals surface area contributed by atoms with Crippen LogP contribution >= 0.6 is 11.3 Å². The summed E-state index contributed by atoms with van der Waals surface area (Å²) in [4.78, 5) is 4.23. The van der Waals surface area contributed by atoms with Gasteiger partial charge in [-0.25, -0.2) is 4.98 Å². The van der Waals surface area contributed by atoms with E-state index in [4.69, 9.17) is 4.74 Å². The van der Waals surface area contributed by atoms with Crippen molar-refractivity contribution in [1.29, 1.82) is 0 Å². The third-order valence-electron chi connectivity index (χ3n) is 2.71. The normalized spacial score (nSPS) is 23.6. The van der Waals surface area contributed by atoms with E-state index in [0.717, 1.165) is 16.3 Å². The number of fused-ring (bicyclic) bond motifs is 1. The van der Waals surface area contributed by atoms with Crippen LogP contribution in [-0.4, -0.2) is 10.1 Å². The van der Waals surface area contributed by atoms with E-state index >= 15 is 0 Å². The first-order valence-corrected chi connectivity index (χ1v) is 6.05. The van der Waals surface area contributed by atoms with Crippen LogP contribution in [0, 0.1) is 0 Å². The maximum Gasteiger partial charge on any atom is 0.153 e. The fourth-order valence-corrected chi connectivity index (χ4v) is 2.62. The molecule has 2 atom stereocenters. The molecule has 0 bridgehead atoms. The minimum atomic E-state index is -0.459. The van der Waals surface area contributed by atoms with E-state index in [2.05, 4.69) is 4.98 Å². The number of nitrogens with zero attached hydrogens (tertiary/aromatic N) is 1. The van der Waals surface area contributed by atoms with Crippen molar-refractivity contribution in [3.63, 3.8) is 0 Å². The lowest BCUT2D eigenvalue weighted by Crippen LogP contribution is -2.18. The Morgan fingerprint density at radius 2 is 2.25 bits per heavy atom. The molecule has 1 aliphatic rings. The number of aliphatic hydroxyl groups is 1. The SMILES string of the molecule is OC1CC(c2nccs2)Oc2ccccc21. The molecule has 1 aliphatic heterocycles. The Balaban J connectivity index is 1.95. The van der Waals surface area contributed by atoms with Crippen LogP contribution in [0.4, 0.5) is 0 Å². The number of para-hydroxylation sites is 1. The van der Waals surface area contributed by atoms with Crippen molar-refractivity contribution in [2.45, 2.75) is 18.6 Å². The molecule has 2 unspecified atom stereocenters. The molecular weight excluding hydrogens is 222 g/mol. The predicted octanol–water partition coefficient (Wildman–Crippen LogP) is 2.70. The lowest BCUT2D eigenvalue weighted by molar-refractivity contribution is 0.0656. The smallest absolute Gasteiger partial charge is 0.153 e. The fourth-order valence-electron chi connectivity index (χ4n) is 1.94. The van der Waals surface area contributed by atoms with E-state index < -0.39 is 6.10 Å². The van der Waals surface area contributed by atoms with E-state index in [1.54, 1.807) is 17.5 Å². The Kier molecular flexibility index (Phi) is 2.38. The standard InChI is InChI=1S/C12H11NO2S/c14-9-7-11(12-13-5-6-16-12)15-10-4-2-1-3-8(9)10/h1-6,9,11,14H,7H2. The first-order chi connectivity index (χ1) is 7.84. The molecule has 0 radical (unpaired) electrons. The number of thiazole rings is 1. The van der Waals surface area contributed by atoms with Crippen molar-refractivity contribution in [2.24, 2.45) is 0 Å². The number of benzene rings is 1. The summed E-state index contributed by atoms with van der Waals surface area (Å²) < 4.78 is 5.83. The molecule has 1 aromatic heterocycles. The molecule has 0 saturated carbocycles. The van der Waals surface area contributed by atoms with E-state index in [1.165, 1.54) is 0 Å². The van der Waals surface area contributed by atoms with Crippen LogP contribution in [0.5, 0.6) is 5.75 Å². The zero-order valence-corrected chi connectivity index (χ0v) is 9.35. The van der Waals surface area contributed by atoms with Gasteiger partial charge in [0.15, 0.2) is 6.10 Å². The van der Waals surface area contributed by atoms with Crippen LogP contribution in [0.1, 0.15) is 29.2 Å². The summed E-state index contributed by atoms with van der Waals surface area (Å²) >= 11 is 1.56. The molecule has 0 aliphatic carbocycles. The average Bonchev–Trinajstić information content (AvgIpc) is 2.82. The zero-order valence-electron chi connectivity index (χ0n) is 8.54. The number of hydrogen-bond donors (Lipinski definition) is 1. The highest BCUT2D eigenvalue weighted by Crippen LogP contribution is 2.40. The highest BCUT2D eigenvalue weighted by atomic mass is 32.1. The van der Waals surface area contributed by atoms with Crippen molar-refractivity contribution in [1.82, 2.24) is 4.98 Å². The average molecular weight is 233 g/mol. The van der Waals surface area contributed by atoms with Gasteiger partial charge in [-0.2, -0.15) is 0 Å². The molecule has 0 saturated heterocycles. The van der Waals surface area contributed by atoms with Gasteiger partial charge in [-0.05, 0) is 6.07 Å². The van der Waals surface area contributed by atoms with Crippen LogP contribution in [0.15, 0.2) is 35.8 Å². The molecule has 3 rings (SSSR count). The van der Waals surface area contributed by atoms with Gasteiger partial charge in [0, 0.05) is 23.6 Å². The zero-order chi connectivity index (χ0) is 11.0. The Hall–Kier alpha value is -1.39. The first-order valence-electron chi connectivity index (χ1n) is 5.17. The van der Waals surface area contributed by atoms with E-state index in [-0.39, 0.29) is 6.10 Å². The summed E-state index contributed by atoms with van der Waals surface area (Å²) in [5.74, 6) is 0.765. The van der Waals surface area contributed by atoms with Crippen LogP contribution in [0.2, 0.25) is 0 Å². The molecule has 82 valence electrons. The lowest BCUT2D eigenvalue weighted by atomic mass is 9.99. The second kappa shape index (κ2) is 3.88. The minimum Gasteiger partial charge on any atom is -0.483 e. The predicted molar refractivity (Wildman–Crippen MR) is 61.5 cm³/mol. The molecule has 0 spiro atoms. The van der Waals surface area contributed by atoms with E-state index in [1.807, 2.05) is 29.6 Å². The van der Waals surface area contributed by atoms with Crippen molar-refractivity contribution in [3.8, 4) is 5.75 Å². The Morgan fingerprint density at radius 3 is 3.06 bits per heavy atom. The third kappa shape index (κ3) is 1.60. The number of rotatable bonds is 1. The molecule has 1 aromatic carbocycles. The van der Waals surface area contributed by atoms with Crippen molar-refractivity contribution in [2.75, 3.05) is 0 Å². The molecular formula is C12H11NO2S. The summed E-state index contributed by atoms with van der Waals surface area (Å²) in [6, 6.07) is 7.61. The summed E-state index contributed by atoms with van der Waals surface area (Å²) in [5.41, 5.74) is 0.871. The van der Waals surface area contributed by atoms with Gasteiger partial charge >= 0.3 is 0 Å². The fraction of sp³-hybridized carbons (Fsp3) is 0.250. The monoisotopic (exact) mass is 233 g/mol. The Morgan fingerprint density at radius 1 is 1.38 bits per heavy atom. The number of hydrogen-bond acceptors (Lipinski definition) is 4. The van der Waals surface area contributed by atoms with Crippen LogP contribution in [-0.2, 0) is 0 Å². The lowest BCUT2D eigenvalue weighted by Gasteiger charge is -2.28. The van der Waals surface area contributed by atoms with Crippen LogP contribution < -0.4 is 4.74 Å². The molecule has 2 heterocycles. The topological polar surface area (TPSA) is 42.4 Å². The van der Waals surface area contributed by atoms with Crippen molar-refractivity contribution in [3.05, 3.63) is 46.4 Å². The molecule has 0 amide bonds. The second-order valence-corrected chi connectivity index (χ2v) is 4.69.